The molecule has 0 fully saturated rings. The van der Waals surface area contributed by atoms with Crippen molar-refractivity contribution in [1.29, 1.82) is 0 Å². The summed E-state index contributed by atoms with van der Waals surface area (Å²) in [5.41, 5.74) is -0.850. The van der Waals surface area contributed by atoms with Crippen LogP contribution in [0.15, 0.2) is 5.38 Å². The van der Waals surface area contributed by atoms with E-state index >= 15 is 0 Å². The predicted octanol–water partition coefficient (Wildman–Crippen LogP) is 2.19. The van der Waals surface area contributed by atoms with Crippen molar-refractivity contribution in [2.45, 2.75) is 25.6 Å². The van der Waals surface area contributed by atoms with E-state index in [1.807, 2.05) is 6.92 Å². The SMILES string of the molecule is CC[C@@H](NCCO)c1nc(C(F)(F)F)cs1. The van der Waals surface area contributed by atoms with E-state index in [1.54, 1.807) is 0 Å². The number of aliphatic hydroxyl groups is 1. The molecule has 1 heterocycles. The normalized spacial score (nSPS) is 14.1. The van der Waals surface area contributed by atoms with Gasteiger partial charge >= 0.3 is 6.18 Å². The van der Waals surface area contributed by atoms with Crippen molar-refractivity contribution in [1.82, 2.24) is 10.3 Å². The maximum absolute atomic E-state index is 12.3. The number of hydrogen-bond donors (Lipinski definition) is 2. The van der Waals surface area contributed by atoms with E-state index in [0.717, 1.165) is 16.7 Å². The molecule has 0 spiro atoms. The Morgan fingerprint density at radius 1 is 1.56 bits per heavy atom. The van der Waals surface area contributed by atoms with Crippen molar-refractivity contribution < 1.29 is 18.3 Å². The molecule has 0 aliphatic carbocycles. The summed E-state index contributed by atoms with van der Waals surface area (Å²) in [6.45, 7) is 2.15. The summed E-state index contributed by atoms with van der Waals surface area (Å²) in [6, 6.07) is -0.228. The highest BCUT2D eigenvalue weighted by molar-refractivity contribution is 7.09. The molecule has 0 amide bonds. The van der Waals surface area contributed by atoms with Crippen LogP contribution in [-0.2, 0) is 6.18 Å². The van der Waals surface area contributed by atoms with Gasteiger partial charge in [0.1, 0.15) is 5.01 Å². The number of nitrogens with one attached hydrogen (secondary N) is 1. The fraction of sp³-hybridized carbons (Fsp3) is 0.667. The van der Waals surface area contributed by atoms with Gasteiger partial charge in [-0.1, -0.05) is 6.92 Å². The smallest absolute Gasteiger partial charge is 0.395 e. The average molecular weight is 254 g/mol. The van der Waals surface area contributed by atoms with Gasteiger partial charge in [0, 0.05) is 11.9 Å². The third kappa shape index (κ3) is 3.43. The van der Waals surface area contributed by atoms with Crippen LogP contribution in [0.5, 0.6) is 0 Å². The first kappa shape index (κ1) is 13.4. The molecule has 0 aliphatic heterocycles. The zero-order valence-electron chi connectivity index (χ0n) is 8.71. The quantitative estimate of drug-likeness (QED) is 0.846. The predicted molar refractivity (Wildman–Crippen MR) is 55.2 cm³/mol. The Morgan fingerprint density at radius 2 is 2.25 bits per heavy atom. The van der Waals surface area contributed by atoms with E-state index in [1.165, 1.54) is 0 Å². The minimum atomic E-state index is -4.38. The van der Waals surface area contributed by atoms with Crippen molar-refractivity contribution in [2.24, 2.45) is 0 Å². The largest absolute Gasteiger partial charge is 0.434 e. The van der Waals surface area contributed by atoms with Crippen LogP contribution in [0.3, 0.4) is 0 Å². The summed E-state index contributed by atoms with van der Waals surface area (Å²) in [4.78, 5) is 3.55. The highest BCUT2D eigenvalue weighted by atomic mass is 32.1. The van der Waals surface area contributed by atoms with Gasteiger partial charge in [-0.25, -0.2) is 4.98 Å². The lowest BCUT2D eigenvalue weighted by Gasteiger charge is -2.13. The van der Waals surface area contributed by atoms with Crippen molar-refractivity contribution >= 4 is 11.3 Å². The Hall–Kier alpha value is -0.660. The monoisotopic (exact) mass is 254 g/mol. The molecule has 92 valence electrons. The van der Waals surface area contributed by atoms with Crippen molar-refractivity contribution in [2.75, 3.05) is 13.2 Å². The molecule has 7 heteroatoms. The second kappa shape index (κ2) is 5.60. The molecule has 0 bridgehead atoms. The molecule has 1 aromatic heterocycles. The second-order valence-corrected chi connectivity index (χ2v) is 4.10. The maximum Gasteiger partial charge on any atom is 0.434 e. The van der Waals surface area contributed by atoms with Gasteiger partial charge in [0.2, 0.25) is 0 Å². The topological polar surface area (TPSA) is 45.1 Å². The van der Waals surface area contributed by atoms with Gasteiger partial charge < -0.3 is 10.4 Å². The van der Waals surface area contributed by atoms with E-state index in [2.05, 4.69) is 10.3 Å². The van der Waals surface area contributed by atoms with Crippen molar-refractivity contribution in [3.63, 3.8) is 0 Å². The van der Waals surface area contributed by atoms with Crippen molar-refractivity contribution in [3.8, 4) is 0 Å². The minimum Gasteiger partial charge on any atom is -0.395 e. The third-order valence-corrected chi connectivity index (χ3v) is 2.98. The van der Waals surface area contributed by atoms with Gasteiger partial charge in [0.15, 0.2) is 5.69 Å². The second-order valence-electron chi connectivity index (χ2n) is 3.21. The van der Waals surface area contributed by atoms with Gasteiger partial charge in [0.05, 0.1) is 12.6 Å². The number of aromatic nitrogens is 1. The van der Waals surface area contributed by atoms with Crippen LogP contribution in [0, 0.1) is 0 Å². The zero-order chi connectivity index (χ0) is 12.2. The summed E-state index contributed by atoms with van der Waals surface area (Å²) < 4.78 is 36.9. The van der Waals surface area contributed by atoms with Crippen molar-refractivity contribution in [3.05, 3.63) is 16.1 Å². The number of halogens is 3. The Kier molecular flexibility index (Phi) is 4.69. The van der Waals surface area contributed by atoms with E-state index in [9.17, 15) is 13.2 Å². The molecule has 1 atom stereocenters. The Balaban J connectivity index is 2.75. The molecule has 1 aromatic rings. The lowest BCUT2D eigenvalue weighted by atomic mass is 10.2. The van der Waals surface area contributed by atoms with Gasteiger partial charge in [-0.05, 0) is 6.42 Å². The Bertz CT molecular complexity index is 327. The molecule has 0 radical (unpaired) electrons. The molecule has 1 rings (SSSR count). The molecule has 0 unspecified atom stereocenters. The first-order chi connectivity index (χ1) is 7.49. The van der Waals surface area contributed by atoms with Crippen LogP contribution in [0.2, 0.25) is 0 Å². The summed E-state index contributed by atoms with van der Waals surface area (Å²) >= 11 is 0.984. The lowest BCUT2D eigenvalue weighted by molar-refractivity contribution is -0.140. The summed E-state index contributed by atoms with van der Waals surface area (Å²) in [7, 11) is 0. The van der Waals surface area contributed by atoms with Crippen LogP contribution >= 0.6 is 11.3 Å². The molecule has 0 aromatic carbocycles. The molecule has 2 N–H and O–H groups in total. The van der Waals surface area contributed by atoms with E-state index in [-0.39, 0.29) is 12.6 Å². The number of nitrogens with zero attached hydrogens (tertiary/aromatic N) is 1. The lowest BCUT2D eigenvalue weighted by Crippen LogP contribution is -2.24. The van der Waals surface area contributed by atoms with Crippen LogP contribution < -0.4 is 5.32 Å². The van der Waals surface area contributed by atoms with E-state index < -0.39 is 11.9 Å². The van der Waals surface area contributed by atoms with Crippen LogP contribution in [0.25, 0.3) is 0 Å². The van der Waals surface area contributed by atoms with E-state index in [4.69, 9.17) is 5.11 Å². The minimum absolute atomic E-state index is 0.0476. The first-order valence-electron chi connectivity index (χ1n) is 4.86. The highest BCUT2D eigenvalue weighted by Gasteiger charge is 2.34. The fourth-order valence-corrected chi connectivity index (χ4v) is 2.21. The maximum atomic E-state index is 12.3. The Labute approximate surface area is 95.3 Å². The van der Waals surface area contributed by atoms with E-state index in [0.29, 0.717) is 18.0 Å². The first-order valence-corrected chi connectivity index (χ1v) is 5.73. The third-order valence-electron chi connectivity index (χ3n) is 2.02. The summed E-state index contributed by atoms with van der Waals surface area (Å²) in [5, 5.41) is 13.0. The zero-order valence-corrected chi connectivity index (χ0v) is 9.53. The van der Waals surface area contributed by atoms with Crippen LogP contribution in [0.1, 0.15) is 30.1 Å². The molecule has 3 nitrogen and oxygen atoms in total. The average Bonchev–Trinajstić information content (AvgIpc) is 2.68. The van der Waals surface area contributed by atoms with Gasteiger partial charge in [0.25, 0.3) is 0 Å². The molecular formula is C9H13F3N2OS. The standard InChI is InChI=1S/C9H13F3N2OS/c1-2-6(13-3-4-15)8-14-7(5-16-8)9(10,11)12/h5-6,13,15H,2-4H2,1H3/t6-/m1/s1. The molecule has 0 saturated heterocycles. The van der Waals surface area contributed by atoms with Gasteiger partial charge in [-0.2, -0.15) is 13.2 Å². The number of rotatable bonds is 5. The van der Waals surface area contributed by atoms with Gasteiger partial charge in [-0.3, -0.25) is 0 Å². The number of alkyl halides is 3. The number of aliphatic hydroxyl groups excluding tert-OH is 1. The Morgan fingerprint density at radius 3 is 2.69 bits per heavy atom. The van der Waals surface area contributed by atoms with Gasteiger partial charge in [-0.15, -0.1) is 11.3 Å². The summed E-state index contributed by atoms with van der Waals surface area (Å²) in [6.07, 6.45) is -3.76. The van der Waals surface area contributed by atoms with Crippen LogP contribution in [-0.4, -0.2) is 23.2 Å². The summed E-state index contributed by atoms with van der Waals surface area (Å²) in [5.74, 6) is 0. The number of hydrogen-bond acceptors (Lipinski definition) is 4. The molecule has 0 aliphatic rings. The molecular weight excluding hydrogens is 241 g/mol. The number of thiazole rings is 1. The molecule has 16 heavy (non-hydrogen) atoms. The fourth-order valence-electron chi connectivity index (χ4n) is 1.22. The molecule has 0 saturated carbocycles. The highest BCUT2D eigenvalue weighted by Crippen LogP contribution is 2.32. The van der Waals surface area contributed by atoms with Crippen LogP contribution in [0.4, 0.5) is 13.2 Å².